The van der Waals surface area contributed by atoms with Gasteiger partial charge in [-0.3, -0.25) is 9.78 Å². The number of carbonyl (C=O) groups excluding carboxylic acids is 1. The molecule has 1 aromatic carbocycles. The van der Waals surface area contributed by atoms with Gasteiger partial charge in [0.25, 0.3) is 0 Å². The lowest BCUT2D eigenvalue weighted by molar-refractivity contribution is -0.111. The molecule has 0 saturated carbocycles. The molecule has 2 aromatic heterocycles. The summed E-state index contributed by atoms with van der Waals surface area (Å²) in [5, 5.41) is 7.96. The second-order valence-corrected chi connectivity index (χ2v) is 4.97. The number of anilines is 2. The van der Waals surface area contributed by atoms with Crippen LogP contribution in [0, 0.1) is 0 Å². The van der Waals surface area contributed by atoms with E-state index >= 15 is 0 Å². The van der Waals surface area contributed by atoms with Gasteiger partial charge in [-0.05, 0) is 35.7 Å². The molecule has 0 radical (unpaired) electrons. The van der Waals surface area contributed by atoms with Crippen LogP contribution in [0.4, 0.5) is 11.5 Å². The minimum atomic E-state index is -0.248. The molecule has 1 amide bonds. The molecule has 5 nitrogen and oxygen atoms in total. The second kappa shape index (κ2) is 6.27. The summed E-state index contributed by atoms with van der Waals surface area (Å²) in [7, 11) is 1.85. The van der Waals surface area contributed by atoms with E-state index in [-0.39, 0.29) is 5.91 Å². The van der Waals surface area contributed by atoms with Crippen molar-refractivity contribution in [1.82, 2.24) is 9.97 Å². The molecule has 0 unspecified atom stereocenters. The summed E-state index contributed by atoms with van der Waals surface area (Å²) < 4.78 is 0. The zero-order valence-electron chi connectivity index (χ0n) is 12.7. The smallest absolute Gasteiger partial charge is 0.247 e. The highest BCUT2D eigenvalue weighted by molar-refractivity contribution is 5.99. The Labute approximate surface area is 134 Å². The molecule has 114 valence electrons. The fourth-order valence-electron chi connectivity index (χ4n) is 2.39. The average molecular weight is 304 g/mol. The van der Waals surface area contributed by atoms with Crippen molar-refractivity contribution in [2.24, 2.45) is 0 Å². The van der Waals surface area contributed by atoms with E-state index in [1.807, 2.05) is 37.4 Å². The second-order valence-electron chi connectivity index (χ2n) is 4.97. The highest BCUT2D eigenvalue weighted by Crippen LogP contribution is 2.27. The van der Waals surface area contributed by atoms with E-state index < -0.39 is 0 Å². The van der Waals surface area contributed by atoms with Crippen LogP contribution in [0.2, 0.25) is 0 Å². The Bertz CT molecular complexity index is 889. The first-order valence-corrected chi connectivity index (χ1v) is 7.17. The van der Waals surface area contributed by atoms with Gasteiger partial charge < -0.3 is 10.6 Å². The van der Waals surface area contributed by atoms with Gasteiger partial charge in [0.1, 0.15) is 5.82 Å². The van der Waals surface area contributed by atoms with Gasteiger partial charge in [0, 0.05) is 36.1 Å². The molecule has 0 aliphatic carbocycles. The first-order valence-electron chi connectivity index (χ1n) is 7.17. The van der Waals surface area contributed by atoms with Crippen molar-refractivity contribution in [1.29, 1.82) is 0 Å². The molecule has 2 heterocycles. The van der Waals surface area contributed by atoms with Gasteiger partial charge in [-0.25, -0.2) is 4.98 Å². The van der Waals surface area contributed by atoms with Crippen LogP contribution in [0.1, 0.15) is 0 Å². The number of nitrogens with one attached hydrogen (secondary N) is 2. The molecule has 0 aliphatic heterocycles. The molecule has 23 heavy (non-hydrogen) atoms. The fourth-order valence-corrected chi connectivity index (χ4v) is 2.39. The lowest BCUT2D eigenvalue weighted by Crippen LogP contribution is -2.07. The largest absolute Gasteiger partial charge is 0.373 e. The van der Waals surface area contributed by atoms with Gasteiger partial charge in [0.15, 0.2) is 0 Å². The van der Waals surface area contributed by atoms with Gasteiger partial charge in [-0.1, -0.05) is 18.7 Å². The number of hydrogen-bond donors (Lipinski definition) is 2. The zero-order chi connectivity index (χ0) is 16.2. The number of rotatable bonds is 4. The van der Waals surface area contributed by atoms with Crippen molar-refractivity contribution in [2.75, 3.05) is 17.7 Å². The van der Waals surface area contributed by atoms with E-state index in [0.717, 1.165) is 27.8 Å². The molecule has 2 N–H and O–H groups in total. The van der Waals surface area contributed by atoms with E-state index in [9.17, 15) is 4.79 Å². The van der Waals surface area contributed by atoms with Crippen LogP contribution >= 0.6 is 0 Å². The van der Waals surface area contributed by atoms with Crippen LogP contribution in [0.5, 0.6) is 0 Å². The molecule has 0 saturated heterocycles. The van der Waals surface area contributed by atoms with Crippen LogP contribution in [0.25, 0.3) is 22.0 Å². The molecule has 0 spiro atoms. The summed E-state index contributed by atoms with van der Waals surface area (Å²) in [6.07, 6.45) is 4.68. The summed E-state index contributed by atoms with van der Waals surface area (Å²) in [6, 6.07) is 11.6. The molecular formula is C18H16N4O. The van der Waals surface area contributed by atoms with E-state index in [1.54, 1.807) is 18.5 Å². The van der Waals surface area contributed by atoms with Crippen molar-refractivity contribution in [3.8, 4) is 11.3 Å². The molecule has 5 heteroatoms. The maximum Gasteiger partial charge on any atom is 0.247 e. The summed E-state index contributed by atoms with van der Waals surface area (Å²) in [4.78, 5) is 20.1. The third-order valence-electron chi connectivity index (χ3n) is 3.51. The minimum absolute atomic E-state index is 0.248. The van der Waals surface area contributed by atoms with Crippen molar-refractivity contribution >= 4 is 28.2 Å². The summed E-state index contributed by atoms with van der Waals surface area (Å²) >= 11 is 0. The topological polar surface area (TPSA) is 66.9 Å². The number of amides is 1. The van der Waals surface area contributed by atoms with Crippen LogP contribution < -0.4 is 10.6 Å². The molecule has 0 atom stereocenters. The average Bonchev–Trinajstić information content (AvgIpc) is 2.60. The Morgan fingerprint density at radius 3 is 2.74 bits per heavy atom. The lowest BCUT2D eigenvalue weighted by atomic mass is 10.1. The summed E-state index contributed by atoms with van der Waals surface area (Å²) in [5.41, 5.74) is 2.41. The van der Waals surface area contributed by atoms with Crippen LogP contribution in [0.15, 0.2) is 61.4 Å². The van der Waals surface area contributed by atoms with E-state index in [2.05, 4.69) is 27.2 Å². The minimum Gasteiger partial charge on any atom is -0.373 e. The Balaban J connectivity index is 2.04. The monoisotopic (exact) mass is 304 g/mol. The number of pyridine rings is 2. The standard InChI is InChI=1S/C18H16N4O/c1-3-17(23)22-14-7-9-20-16(11-14)13-5-4-12-6-8-21-18(19-2)15(12)10-13/h3-11H,1H2,2H3,(H,19,21)(H,20,22,23). The van der Waals surface area contributed by atoms with Crippen molar-refractivity contribution in [2.45, 2.75) is 0 Å². The molecule has 0 bridgehead atoms. The maximum atomic E-state index is 11.4. The van der Waals surface area contributed by atoms with Gasteiger partial charge in [-0.2, -0.15) is 0 Å². The molecular weight excluding hydrogens is 288 g/mol. The fraction of sp³-hybridized carbons (Fsp3) is 0.0556. The van der Waals surface area contributed by atoms with Gasteiger partial charge in [0.2, 0.25) is 5.91 Å². The molecule has 0 fully saturated rings. The normalized spacial score (nSPS) is 10.3. The van der Waals surface area contributed by atoms with E-state index in [0.29, 0.717) is 5.69 Å². The Morgan fingerprint density at radius 1 is 1.13 bits per heavy atom. The summed E-state index contributed by atoms with van der Waals surface area (Å²) in [6.45, 7) is 3.45. The lowest BCUT2D eigenvalue weighted by Gasteiger charge is -2.08. The third-order valence-corrected chi connectivity index (χ3v) is 3.51. The Morgan fingerprint density at radius 2 is 1.96 bits per heavy atom. The van der Waals surface area contributed by atoms with Crippen LogP contribution in [0.3, 0.4) is 0 Å². The number of fused-ring (bicyclic) bond motifs is 1. The maximum absolute atomic E-state index is 11.4. The number of hydrogen-bond acceptors (Lipinski definition) is 4. The van der Waals surface area contributed by atoms with Crippen molar-refractivity contribution in [3.05, 3.63) is 61.4 Å². The first-order chi connectivity index (χ1) is 11.2. The van der Waals surface area contributed by atoms with E-state index in [1.165, 1.54) is 6.08 Å². The Kier molecular flexibility index (Phi) is 4.01. The number of nitrogens with zero attached hydrogens (tertiary/aromatic N) is 2. The highest BCUT2D eigenvalue weighted by Gasteiger charge is 2.06. The van der Waals surface area contributed by atoms with Gasteiger partial charge in [0.05, 0.1) is 5.69 Å². The predicted octanol–water partition coefficient (Wildman–Crippen LogP) is 3.46. The number of benzene rings is 1. The Hall–Kier alpha value is -3.21. The predicted molar refractivity (Wildman–Crippen MR) is 93.3 cm³/mol. The third kappa shape index (κ3) is 3.03. The molecule has 0 aliphatic rings. The molecule has 3 rings (SSSR count). The van der Waals surface area contributed by atoms with E-state index in [4.69, 9.17) is 0 Å². The van der Waals surface area contributed by atoms with Gasteiger partial charge in [-0.15, -0.1) is 0 Å². The number of carbonyl (C=O) groups is 1. The SMILES string of the molecule is C=CC(=O)Nc1ccnc(-c2ccc3ccnc(NC)c3c2)c1. The molecule has 3 aromatic rings. The summed E-state index contributed by atoms with van der Waals surface area (Å²) in [5.74, 6) is 0.572. The van der Waals surface area contributed by atoms with Crippen LogP contribution in [-0.2, 0) is 4.79 Å². The van der Waals surface area contributed by atoms with Gasteiger partial charge >= 0.3 is 0 Å². The first kappa shape index (κ1) is 14.7. The number of aromatic nitrogens is 2. The van der Waals surface area contributed by atoms with Crippen LogP contribution in [-0.4, -0.2) is 22.9 Å². The highest BCUT2D eigenvalue weighted by atomic mass is 16.1. The van der Waals surface area contributed by atoms with Crippen molar-refractivity contribution in [3.63, 3.8) is 0 Å². The quantitative estimate of drug-likeness (QED) is 0.724. The zero-order valence-corrected chi connectivity index (χ0v) is 12.7. The van der Waals surface area contributed by atoms with Crippen molar-refractivity contribution < 1.29 is 4.79 Å².